The highest BCUT2D eigenvalue weighted by atomic mass is 16.3. The molecule has 0 aromatic carbocycles. The summed E-state index contributed by atoms with van der Waals surface area (Å²) in [5.41, 5.74) is 3.85. The standard InChI is InChI=1S/C19H21N3O/c1-4-18-15(13-22-19(18)21-8-1)12-16-11-14(7-9-20-16)5-6-17-3-2-10-23-17/h1-4,7-8,10,13,16,20H,5-6,9,11-12H2,(H,21,22). The summed E-state index contributed by atoms with van der Waals surface area (Å²) >= 11 is 0. The first-order valence-corrected chi connectivity index (χ1v) is 8.23. The molecule has 0 amide bonds. The molecule has 0 bridgehead atoms. The van der Waals surface area contributed by atoms with Gasteiger partial charge in [-0.2, -0.15) is 0 Å². The molecule has 0 saturated carbocycles. The SMILES string of the molecule is C1=C(CCc2ccco2)CC(Cc2c[nH]c3ncccc23)NC1. The van der Waals surface area contributed by atoms with E-state index in [0.717, 1.165) is 43.6 Å². The van der Waals surface area contributed by atoms with Crippen LogP contribution in [0.5, 0.6) is 0 Å². The van der Waals surface area contributed by atoms with Crippen molar-refractivity contribution in [2.75, 3.05) is 6.54 Å². The van der Waals surface area contributed by atoms with Crippen LogP contribution in [-0.2, 0) is 12.8 Å². The van der Waals surface area contributed by atoms with E-state index in [1.807, 2.05) is 18.3 Å². The molecule has 0 spiro atoms. The Morgan fingerprint density at radius 2 is 2.22 bits per heavy atom. The van der Waals surface area contributed by atoms with E-state index in [9.17, 15) is 0 Å². The van der Waals surface area contributed by atoms with E-state index >= 15 is 0 Å². The molecule has 3 aromatic heterocycles. The Kier molecular flexibility index (Phi) is 3.99. The number of furan rings is 1. The van der Waals surface area contributed by atoms with E-state index in [2.05, 4.69) is 39.7 Å². The maximum absolute atomic E-state index is 5.43. The van der Waals surface area contributed by atoms with Crippen LogP contribution in [0.25, 0.3) is 11.0 Å². The van der Waals surface area contributed by atoms with Gasteiger partial charge in [0.05, 0.1) is 6.26 Å². The zero-order valence-electron chi connectivity index (χ0n) is 13.1. The Morgan fingerprint density at radius 3 is 3.13 bits per heavy atom. The third kappa shape index (κ3) is 3.22. The zero-order valence-corrected chi connectivity index (χ0v) is 13.1. The summed E-state index contributed by atoms with van der Waals surface area (Å²) in [6.07, 6.45) is 12.2. The van der Waals surface area contributed by atoms with Gasteiger partial charge in [0.15, 0.2) is 0 Å². The molecule has 118 valence electrons. The molecule has 0 fully saturated rings. The first-order chi connectivity index (χ1) is 11.4. The van der Waals surface area contributed by atoms with Gasteiger partial charge in [0, 0.05) is 36.8 Å². The van der Waals surface area contributed by atoms with Crippen molar-refractivity contribution in [3.8, 4) is 0 Å². The first kappa shape index (κ1) is 14.3. The maximum Gasteiger partial charge on any atom is 0.137 e. The third-order valence-electron chi connectivity index (χ3n) is 4.58. The fourth-order valence-electron chi connectivity index (χ4n) is 3.38. The van der Waals surface area contributed by atoms with Crippen molar-refractivity contribution in [3.05, 3.63) is 65.9 Å². The van der Waals surface area contributed by atoms with E-state index in [-0.39, 0.29) is 0 Å². The minimum atomic E-state index is 0.491. The van der Waals surface area contributed by atoms with Gasteiger partial charge in [0.1, 0.15) is 11.4 Å². The van der Waals surface area contributed by atoms with Gasteiger partial charge >= 0.3 is 0 Å². The highest BCUT2D eigenvalue weighted by Crippen LogP contribution is 2.22. The molecule has 2 N–H and O–H groups in total. The molecular formula is C19H21N3O. The lowest BCUT2D eigenvalue weighted by molar-refractivity contribution is 0.484. The number of hydrogen-bond donors (Lipinski definition) is 2. The van der Waals surface area contributed by atoms with Gasteiger partial charge in [-0.3, -0.25) is 0 Å². The molecule has 4 heterocycles. The van der Waals surface area contributed by atoms with Crippen molar-refractivity contribution in [1.82, 2.24) is 15.3 Å². The van der Waals surface area contributed by atoms with Gasteiger partial charge in [-0.05, 0) is 49.1 Å². The van der Waals surface area contributed by atoms with Crippen molar-refractivity contribution in [1.29, 1.82) is 0 Å². The summed E-state index contributed by atoms with van der Waals surface area (Å²) in [6.45, 7) is 0.957. The Labute approximate surface area is 135 Å². The first-order valence-electron chi connectivity index (χ1n) is 8.23. The van der Waals surface area contributed by atoms with Gasteiger partial charge in [-0.25, -0.2) is 4.98 Å². The van der Waals surface area contributed by atoms with E-state index in [0.29, 0.717) is 6.04 Å². The van der Waals surface area contributed by atoms with Gasteiger partial charge < -0.3 is 14.7 Å². The lowest BCUT2D eigenvalue weighted by atomic mass is 9.93. The molecule has 23 heavy (non-hydrogen) atoms. The van der Waals surface area contributed by atoms with Crippen LogP contribution in [0.1, 0.15) is 24.2 Å². The number of nitrogens with zero attached hydrogens (tertiary/aromatic N) is 1. The molecule has 0 saturated heterocycles. The number of hydrogen-bond acceptors (Lipinski definition) is 3. The zero-order chi connectivity index (χ0) is 15.5. The number of nitrogens with one attached hydrogen (secondary N) is 2. The lowest BCUT2D eigenvalue weighted by Crippen LogP contribution is -2.35. The van der Waals surface area contributed by atoms with Crippen molar-refractivity contribution >= 4 is 11.0 Å². The number of aromatic amines is 1. The second kappa shape index (κ2) is 6.42. The minimum Gasteiger partial charge on any atom is -0.469 e. The van der Waals surface area contributed by atoms with Crippen LogP contribution in [0.4, 0.5) is 0 Å². The summed E-state index contributed by atoms with van der Waals surface area (Å²) in [5.74, 6) is 1.07. The van der Waals surface area contributed by atoms with Crippen molar-refractivity contribution < 1.29 is 4.42 Å². The minimum absolute atomic E-state index is 0.491. The summed E-state index contributed by atoms with van der Waals surface area (Å²) in [5, 5.41) is 4.85. The van der Waals surface area contributed by atoms with Crippen molar-refractivity contribution in [3.63, 3.8) is 0 Å². The number of fused-ring (bicyclic) bond motifs is 1. The normalized spacial score (nSPS) is 18.3. The van der Waals surface area contributed by atoms with E-state index in [1.165, 1.54) is 16.5 Å². The van der Waals surface area contributed by atoms with Crippen LogP contribution in [0.15, 0.2) is 59.0 Å². The summed E-state index contributed by atoms with van der Waals surface area (Å²) < 4.78 is 5.43. The average Bonchev–Trinajstić information content (AvgIpc) is 3.24. The van der Waals surface area contributed by atoms with E-state index < -0.39 is 0 Å². The van der Waals surface area contributed by atoms with Crippen LogP contribution >= 0.6 is 0 Å². The van der Waals surface area contributed by atoms with Crippen LogP contribution in [0.2, 0.25) is 0 Å². The molecule has 0 aliphatic carbocycles. The van der Waals surface area contributed by atoms with Gasteiger partial charge in [0.2, 0.25) is 0 Å². The molecule has 1 unspecified atom stereocenters. The van der Waals surface area contributed by atoms with Crippen LogP contribution < -0.4 is 5.32 Å². The largest absolute Gasteiger partial charge is 0.469 e. The predicted molar refractivity (Wildman–Crippen MR) is 91.3 cm³/mol. The third-order valence-corrected chi connectivity index (χ3v) is 4.58. The highest BCUT2D eigenvalue weighted by Gasteiger charge is 2.17. The van der Waals surface area contributed by atoms with Gasteiger partial charge in [-0.15, -0.1) is 0 Å². The molecule has 3 aromatic rings. The Morgan fingerprint density at radius 1 is 1.22 bits per heavy atom. The van der Waals surface area contributed by atoms with Gasteiger partial charge in [0.25, 0.3) is 0 Å². The van der Waals surface area contributed by atoms with Crippen LogP contribution in [0, 0.1) is 0 Å². The fraction of sp³-hybridized carbons (Fsp3) is 0.316. The smallest absolute Gasteiger partial charge is 0.137 e. The topological polar surface area (TPSA) is 53.9 Å². The predicted octanol–water partition coefficient (Wildman–Crippen LogP) is 3.62. The number of aromatic nitrogens is 2. The average molecular weight is 307 g/mol. The van der Waals surface area contributed by atoms with Crippen LogP contribution in [-0.4, -0.2) is 22.6 Å². The second-order valence-electron chi connectivity index (χ2n) is 6.17. The maximum atomic E-state index is 5.43. The van der Waals surface area contributed by atoms with E-state index in [1.54, 1.807) is 6.26 Å². The Balaban J connectivity index is 1.39. The molecule has 4 rings (SSSR count). The molecule has 4 heteroatoms. The number of pyridine rings is 1. The number of aryl methyl sites for hydroxylation is 1. The Bertz CT molecular complexity index is 801. The molecule has 1 aliphatic rings. The summed E-state index contributed by atoms with van der Waals surface area (Å²) in [6, 6.07) is 8.65. The number of H-pyrrole nitrogens is 1. The summed E-state index contributed by atoms with van der Waals surface area (Å²) in [7, 11) is 0. The number of rotatable bonds is 5. The van der Waals surface area contributed by atoms with Crippen molar-refractivity contribution in [2.45, 2.75) is 31.7 Å². The van der Waals surface area contributed by atoms with Crippen molar-refractivity contribution in [2.24, 2.45) is 0 Å². The molecule has 1 aliphatic heterocycles. The summed E-state index contributed by atoms with van der Waals surface area (Å²) in [4.78, 5) is 7.64. The van der Waals surface area contributed by atoms with E-state index in [4.69, 9.17) is 4.42 Å². The van der Waals surface area contributed by atoms with Crippen LogP contribution in [0.3, 0.4) is 0 Å². The second-order valence-corrected chi connectivity index (χ2v) is 6.17. The lowest BCUT2D eigenvalue weighted by Gasteiger charge is -2.24. The monoisotopic (exact) mass is 307 g/mol. The Hall–Kier alpha value is -2.33. The molecule has 1 atom stereocenters. The van der Waals surface area contributed by atoms with Gasteiger partial charge in [-0.1, -0.05) is 11.6 Å². The fourth-order valence-corrected chi connectivity index (χ4v) is 3.38. The molecule has 4 nitrogen and oxygen atoms in total. The molecule has 0 radical (unpaired) electrons. The quantitative estimate of drug-likeness (QED) is 0.708. The highest BCUT2D eigenvalue weighted by molar-refractivity contribution is 5.79. The molecular weight excluding hydrogens is 286 g/mol.